The molecular weight excluding hydrogens is 405 g/mol. The maximum absolute atomic E-state index is 14.8. The Balaban J connectivity index is 1.50. The minimum Gasteiger partial charge on any atom is -0.492 e. The lowest BCUT2D eigenvalue weighted by Gasteiger charge is -2.31. The summed E-state index contributed by atoms with van der Waals surface area (Å²) in [5, 5.41) is 7.83. The normalized spacial score (nSPS) is 24.3. The van der Waals surface area contributed by atoms with Crippen LogP contribution in [0.2, 0.25) is 0 Å². The summed E-state index contributed by atoms with van der Waals surface area (Å²) in [6.07, 6.45) is 8.42. The van der Waals surface area contributed by atoms with Crippen molar-refractivity contribution in [1.29, 1.82) is 0 Å². The molecule has 6 nitrogen and oxygen atoms in total. The minimum atomic E-state index is -0.299. The number of hydrogen-bond donors (Lipinski definition) is 1. The molecule has 2 aromatic heterocycles. The van der Waals surface area contributed by atoms with E-state index in [-0.39, 0.29) is 5.82 Å². The summed E-state index contributed by atoms with van der Waals surface area (Å²) >= 11 is 0. The van der Waals surface area contributed by atoms with E-state index in [4.69, 9.17) is 9.72 Å². The number of nitrogens with one attached hydrogen (secondary N) is 1. The molecule has 0 aliphatic carbocycles. The van der Waals surface area contributed by atoms with E-state index in [2.05, 4.69) is 29.2 Å². The number of halogens is 1. The highest BCUT2D eigenvalue weighted by Gasteiger charge is 2.30. The molecule has 7 heteroatoms. The second-order valence-corrected chi connectivity index (χ2v) is 9.27. The highest BCUT2D eigenvalue weighted by molar-refractivity contribution is 5.78. The molecule has 3 aromatic rings. The van der Waals surface area contributed by atoms with E-state index in [0.717, 1.165) is 37.8 Å². The van der Waals surface area contributed by atoms with Gasteiger partial charge < -0.3 is 10.1 Å². The van der Waals surface area contributed by atoms with Crippen molar-refractivity contribution in [2.75, 3.05) is 31.6 Å². The van der Waals surface area contributed by atoms with Crippen LogP contribution in [0.4, 0.5) is 10.2 Å². The molecule has 0 spiro atoms. The zero-order valence-electron chi connectivity index (χ0n) is 18.9. The van der Waals surface area contributed by atoms with Gasteiger partial charge in [0.2, 0.25) is 0 Å². The van der Waals surface area contributed by atoms with E-state index in [1.54, 1.807) is 22.8 Å². The van der Waals surface area contributed by atoms with Gasteiger partial charge in [-0.1, -0.05) is 26.7 Å². The van der Waals surface area contributed by atoms with E-state index in [1.807, 2.05) is 12.3 Å². The molecule has 0 saturated carbocycles. The molecular formula is C25H32FN5O. The Morgan fingerprint density at radius 3 is 3.00 bits per heavy atom. The van der Waals surface area contributed by atoms with Gasteiger partial charge in [-0.3, -0.25) is 4.90 Å². The Bertz CT molecular complexity index is 1080. The second kappa shape index (κ2) is 9.06. The molecule has 2 aliphatic heterocycles. The average Bonchev–Trinajstić information content (AvgIpc) is 3.14. The van der Waals surface area contributed by atoms with Crippen molar-refractivity contribution >= 4 is 11.5 Å². The maximum atomic E-state index is 14.8. The van der Waals surface area contributed by atoms with Gasteiger partial charge in [-0.05, 0) is 48.9 Å². The summed E-state index contributed by atoms with van der Waals surface area (Å²) in [7, 11) is 0. The van der Waals surface area contributed by atoms with Gasteiger partial charge in [-0.25, -0.2) is 13.9 Å². The van der Waals surface area contributed by atoms with Gasteiger partial charge in [0.1, 0.15) is 24.0 Å². The monoisotopic (exact) mass is 437 g/mol. The Labute approximate surface area is 188 Å². The van der Waals surface area contributed by atoms with Crippen molar-refractivity contribution < 1.29 is 9.13 Å². The lowest BCUT2D eigenvalue weighted by Crippen LogP contribution is -2.43. The van der Waals surface area contributed by atoms with Crippen LogP contribution in [0, 0.1) is 17.7 Å². The van der Waals surface area contributed by atoms with Gasteiger partial charge in [-0.15, -0.1) is 0 Å². The first-order chi connectivity index (χ1) is 15.6. The number of aromatic nitrogens is 3. The third-order valence-electron chi connectivity index (χ3n) is 7.12. The molecule has 1 saturated heterocycles. The van der Waals surface area contributed by atoms with Gasteiger partial charge in [0.05, 0.1) is 6.20 Å². The van der Waals surface area contributed by atoms with Crippen molar-refractivity contribution in [3.63, 3.8) is 0 Å². The Morgan fingerprint density at radius 1 is 1.22 bits per heavy atom. The van der Waals surface area contributed by atoms with Gasteiger partial charge in [-0.2, -0.15) is 5.10 Å². The topological polar surface area (TPSA) is 54.7 Å². The van der Waals surface area contributed by atoms with Crippen LogP contribution in [0.1, 0.15) is 39.5 Å². The van der Waals surface area contributed by atoms with Gasteiger partial charge in [0.15, 0.2) is 5.65 Å². The standard InChI is InChI=1S/C25H32FN5O/c1-3-4-18-5-6-19-16-32-20-7-8-23(26)21(13-20)22-14-28-31-11-9-24(29-25(22)31)27-10-12-30(19)15-17(18)2/h7-9,11,13-14,17-19H,3-6,10,12,15-16H2,1-2H3,(H,27,29). The Hall–Kier alpha value is -2.67. The average molecular weight is 438 g/mol. The quantitative estimate of drug-likeness (QED) is 0.621. The number of hydrogen-bond acceptors (Lipinski definition) is 5. The van der Waals surface area contributed by atoms with Crippen LogP contribution in [-0.4, -0.2) is 51.8 Å². The van der Waals surface area contributed by atoms with Crippen LogP contribution in [0.25, 0.3) is 16.8 Å². The van der Waals surface area contributed by atoms with E-state index >= 15 is 0 Å². The molecule has 3 atom stereocenters. The van der Waals surface area contributed by atoms with E-state index in [1.165, 1.54) is 25.3 Å². The Kier molecular flexibility index (Phi) is 6.00. The molecule has 0 amide bonds. The first-order valence-electron chi connectivity index (χ1n) is 11.9. The molecule has 4 heterocycles. The third-order valence-corrected chi connectivity index (χ3v) is 7.12. The van der Waals surface area contributed by atoms with E-state index < -0.39 is 0 Å². The fraction of sp³-hybridized carbons (Fsp3) is 0.520. The summed E-state index contributed by atoms with van der Waals surface area (Å²) in [5.41, 5.74) is 1.77. The van der Waals surface area contributed by atoms with Crippen molar-refractivity contribution in [2.24, 2.45) is 11.8 Å². The molecule has 2 aliphatic rings. The molecule has 0 radical (unpaired) electrons. The zero-order chi connectivity index (χ0) is 22.1. The SMILES string of the molecule is CCCC1CCC2COc3ccc(F)c(c3)-c3cnn4ccc(nc34)NCCN2CC1C. The van der Waals surface area contributed by atoms with Crippen molar-refractivity contribution in [3.05, 3.63) is 42.5 Å². The zero-order valence-corrected chi connectivity index (χ0v) is 18.9. The molecule has 32 heavy (non-hydrogen) atoms. The summed E-state index contributed by atoms with van der Waals surface area (Å²) in [6.45, 7) is 8.10. The van der Waals surface area contributed by atoms with Crippen molar-refractivity contribution in [2.45, 2.75) is 45.6 Å². The lowest BCUT2D eigenvalue weighted by atomic mass is 9.87. The number of ether oxygens (including phenoxy) is 1. The first kappa shape index (κ1) is 21.2. The molecule has 1 N–H and O–H groups in total. The van der Waals surface area contributed by atoms with Crippen molar-refractivity contribution in [1.82, 2.24) is 19.5 Å². The predicted molar refractivity (Wildman–Crippen MR) is 125 cm³/mol. The first-order valence-corrected chi connectivity index (χ1v) is 11.9. The molecule has 4 bridgehead atoms. The summed E-state index contributed by atoms with van der Waals surface area (Å²) < 4.78 is 22.7. The van der Waals surface area contributed by atoms with Crippen LogP contribution in [0.5, 0.6) is 5.75 Å². The number of anilines is 1. The highest BCUT2D eigenvalue weighted by Crippen LogP contribution is 2.32. The lowest BCUT2D eigenvalue weighted by molar-refractivity contribution is 0.129. The van der Waals surface area contributed by atoms with E-state index in [0.29, 0.717) is 41.1 Å². The van der Waals surface area contributed by atoms with Crippen LogP contribution in [-0.2, 0) is 0 Å². The Morgan fingerprint density at radius 2 is 2.12 bits per heavy atom. The maximum Gasteiger partial charge on any atom is 0.165 e. The fourth-order valence-electron chi connectivity index (χ4n) is 5.28. The van der Waals surface area contributed by atoms with Crippen molar-refractivity contribution in [3.8, 4) is 16.9 Å². The van der Waals surface area contributed by atoms with Crippen LogP contribution < -0.4 is 10.1 Å². The number of fused-ring (bicyclic) bond motifs is 5. The largest absolute Gasteiger partial charge is 0.492 e. The molecule has 1 aromatic carbocycles. The minimum absolute atomic E-state index is 0.299. The van der Waals surface area contributed by atoms with Crippen LogP contribution >= 0.6 is 0 Å². The van der Waals surface area contributed by atoms with Crippen LogP contribution in [0.15, 0.2) is 36.7 Å². The highest BCUT2D eigenvalue weighted by atomic mass is 19.1. The molecule has 170 valence electrons. The molecule has 1 fully saturated rings. The molecule has 3 unspecified atom stereocenters. The second-order valence-electron chi connectivity index (χ2n) is 9.27. The summed E-state index contributed by atoms with van der Waals surface area (Å²) in [6, 6.07) is 7.25. The smallest absolute Gasteiger partial charge is 0.165 e. The van der Waals surface area contributed by atoms with Gasteiger partial charge >= 0.3 is 0 Å². The summed E-state index contributed by atoms with van der Waals surface area (Å²) in [4.78, 5) is 7.31. The summed E-state index contributed by atoms with van der Waals surface area (Å²) in [5.74, 6) is 2.61. The van der Waals surface area contributed by atoms with Gasteiger partial charge in [0, 0.05) is 43.0 Å². The number of rotatable bonds is 2. The number of benzene rings is 1. The predicted octanol–water partition coefficient (Wildman–Crippen LogP) is 4.86. The van der Waals surface area contributed by atoms with Crippen LogP contribution in [0.3, 0.4) is 0 Å². The molecule has 5 rings (SSSR count). The van der Waals surface area contributed by atoms with E-state index in [9.17, 15) is 4.39 Å². The third kappa shape index (κ3) is 4.18. The number of nitrogens with zero attached hydrogens (tertiary/aromatic N) is 4. The fourth-order valence-corrected chi connectivity index (χ4v) is 5.28. The van der Waals surface area contributed by atoms with Gasteiger partial charge in [0.25, 0.3) is 0 Å².